The number of rotatable bonds is 5. The molecule has 0 spiro atoms. The summed E-state index contributed by atoms with van der Waals surface area (Å²) in [5, 5.41) is 0. The molecule has 0 aliphatic rings. The molecule has 0 bridgehead atoms. The molecular formula is C19H20O3. The van der Waals surface area contributed by atoms with E-state index < -0.39 is 0 Å². The fraction of sp³-hybridized carbons (Fsp3) is 0.211. The van der Waals surface area contributed by atoms with Crippen LogP contribution in [0.1, 0.15) is 23.6 Å². The summed E-state index contributed by atoms with van der Waals surface area (Å²) in [6.07, 6.45) is 1.52. The second kappa shape index (κ2) is 7.46. The number of methoxy groups -OCH3 is 1. The van der Waals surface area contributed by atoms with Crippen molar-refractivity contribution in [2.45, 2.75) is 13.8 Å². The van der Waals surface area contributed by atoms with Gasteiger partial charge in [0.15, 0.2) is 0 Å². The summed E-state index contributed by atoms with van der Waals surface area (Å²) >= 11 is 0. The van der Waals surface area contributed by atoms with Crippen molar-refractivity contribution in [1.82, 2.24) is 0 Å². The lowest BCUT2D eigenvalue weighted by atomic mass is 9.95. The third kappa shape index (κ3) is 3.76. The van der Waals surface area contributed by atoms with Crippen molar-refractivity contribution < 1.29 is 14.3 Å². The number of hydrogen-bond donors (Lipinski definition) is 0. The first kappa shape index (κ1) is 15.8. The minimum atomic E-state index is -0.357. The Labute approximate surface area is 131 Å². The van der Waals surface area contributed by atoms with Crippen LogP contribution < -0.4 is 4.74 Å². The van der Waals surface area contributed by atoms with E-state index in [2.05, 4.69) is 0 Å². The van der Waals surface area contributed by atoms with Crippen molar-refractivity contribution in [3.8, 4) is 5.75 Å². The fourth-order valence-corrected chi connectivity index (χ4v) is 2.27. The Morgan fingerprint density at radius 1 is 1.14 bits per heavy atom. The highest BCUT2D eigenvalue weighted by Gasteiger charge is 2.13. The molecule has 0 saturated heterocycles. The minimum Gasteiger partial charge on any atom is -0.496 e. The highest BCUT2D eigenvalue weighted by molar-refractivity contribution is 5.97. The predicted octanol–water partition coefficient (Wildman–Crippen LogP) is 4.00. The van der Waals surface area contributed by atoms with E-state index in [1.807, 2.05) is 55.5 Å². The molecule has 22 heavy (non-hydrogen) atoms. The number of carbonyl (C=O) groups is 1. The molecule has 0 radical (unpaired) electrons. The lowest BCUT2D eigenvalue weighted by molar-refractivity contribution is -0.137. The quantitative estimate of drug-likeness (QED) is 0.618. The maximum absolute atomic E-state index is 11.9. The Kier molecular flexibility index (Phi) is 5.37. The second-order valence-corrected chi connectivity index (χ2v) is 4.88. The monoisotopic (exact) mass is 296 g/mol. The minimum absolute atomic E-state index is 0.350. The van der Waals surface area contributed by atoms with Crippen molar-refractivity contribution >= 4 is 11.5 Å². The van der Waals surface area contributed by atoms with Crippen molar-refractivity contribution in [3.05, 3.63) is 71.3 Å². The Bertz CT molecular complexity index is 672. The molecule has 0 amide bonds. The molecule has 0 aliphatic carbocycles. The van der Waals surface area contributed by atoms with Gasteiger partial charge in [-0.1, -0.05) is 42.0 Å². The van der Waals surface area contributed by atoms with Gasteiger partial charge >= 0.3 is 5.97 Å². The third-order valence-electron chi connectivity index (χ3n) is 3.28. The van der Waals surface area contributed by atoms with Gasteiger partial charge in [-0.2, -0.15) is 0 Å². The first-order chi connectivity index (χ1) is 10.7. The molecule has 0 unspecified atom stereocenters. The summed E-state index contributed by atoms with van der Waals surface area (Å²) in [6.45, 7) is 4.15. The maximum Gasteiger partial charge on any atom is 0.331 e. The topological polar surface area (TPSA) is 35.5 Å². The number of esters is 1. The highest BCUT2D eigenvalue weighted by Crippen LogP contribution is 2.32. The molecule has 0 heterocycles. The van der Waals surface area contributed by atoms with E-state index in [4.69, 9.17) is 9.47 Å². The molecule has 3 nitrogen and oxygen atoms in total. The van der Waals surface area contributed by atoms with Crippen LogP contribution in [0.5, 0.6) is 5.75 Å². The molecule has 2 aromatic carbocycles. The number of carbonyl (C=O) groups excluding carboxylic acids is 1. The fourth-order valence-electron chi connectivity index (χ4n) is 2.27. The van der Waals surface area contributed by atoms with Gasteiger partial charge < -0.3 is 9.47 Å². The molecule has 0 atom stereocenters. The summed E-state index contributed by atoms with van der Waals surface area (Å²) in [6, 6.07) is 15.7. The molecule has 0 aromatic heterocycles. The van der Waals surface area contributed by atoms with E-state index in [0.29, 0.717) is 6.61 Å². The summed E-state index contributed by atoms with van der Waals surface area (Å²) in [5.74, 6) is 0.370. The Morgan fingerprint density at radius 2 is 1.86 bits per heavy atom. The van der Waals surface area contributed by atoms with Gasteiger partial charge in [-0.05, 0) is 37.1 Å². The summed E-state index contributed by atoms with van der Waals surface area (Å²) in [7, 11) is 1.63. The van der Waals surface area contributed by atoms with Gasteiger partial charge in [0.2, 0.25) is 0 Å². The third-order valence-corrected chi connectivity index (χ3v) is 3.28. The van der Waals surface area contributed by atoms with Crippen LogP contribution >= 0.6 is 0 Å². The zero-order valence-corrected chi connectivity index (χ0v) is 13.1. The van der Waals surface area contributed by atoms with E-state index in [0.717, 1.165) is 28.0 Å². The molecule has 2 rings (SSSR count). The summed E-state index contributed by atoms with van der Waals surface area (Å²) < 4.78 is 10.5. The van der Waals surface area contributed by atoms with E-state index in [9.17, 15) is 4.79 Å². The van der Waals surface area contributed by atoms with Gasteiger partial charge in [-0.25, -0.2) is 4.79 Å². The van der Waals surface area contributed by atoms with Crippen LogP contribution in [0, 0.1) is 6.92 Å². The number of hydrogen-bond acceptors (Lipinski definition) is 3. The van der Waals surface area contributed by atoms with Gasteiger partial charge in [-0.15, -0.1) is 0 Å². The van der Waals surface area contributed by atoms with Crippen molar-refractivity contribution in [2.75, 3.05) is 13.7 Å². The zero-order valence-electron chi connectivity index (χ0n) is 13.1. The second-order valence-electron chi connectivity index (χ2n) is 4.88. The average Bonchev–Trinajstić information content (AvgIpc) is 2.53. The number of benzene rings is 2. The standard InChI is InChI=1S/C19H20O3/c1-4-22-19(20)13-16(15-8-6-5-7-9-15)17-12-14(2)10-11-18(17)21-3/h5-13H,4H2,1-3H3/b16-13-. The van der Waals surface area contributed by atoms with Crippen LogP contribution in [0.3, 0.4) is 0 Å². The van der Waals surface area contributed by atoms with E-state index in [-0.39, 0.29) is 5.97 Å². The largest absolute Gasteiger partial charge is 0.496 e. The summed E-state index contributed by atoms with van der Waals surface area (Å²) in [5.41, 5.74) is 3.71. The van der Waals surface area contributed by atoms with E-state index >= 15 is 0 Å². The SMILES string of the molecule is CCOC(=O)/C=C(/c1ccccc1)c1cc(C)ccc1OC. The molecule has 0 N–H and O–H groups in total. The first-order valence-corrected chi connectivity index (χ1v) is 7.24. The highest BCUT2D eigenvalue weighted by atomic mass is 16.5. The van der Waals surface area contributed by atoms with Gasteiger partial charge in [0, 0.05) is 11.6 Å². The summed E-state index contributed by atoms with van der Waals surface area (Å²) in [4.78, 5) is 11.9. The average molecular weight is 296 g/mol. The number of ether oxygens (including phenoxy) is 2. The molecule has 0 saturated carbocycles. The van der Waals surface area contributed by atoms with Gasteiger partial charge in [0.1, 0.15) is 5.75 Å². The normalized spacial score (nSPS) is 11.1. The maximum atomic E-state index is 11.9. The Morgan fingerprint density at radius 3 is 2.50 bits per heavy atom. The zero-order chi connectivity index (χ0) is 15.9. The molecule has 2 aromatic rings. The van der Waals surface area contributed by atoms with Crippen molar-refractivity contribution in [3.63, 3.8) is 0 Å². The molecule has 0 fully saturated rings. The predicted molar refractivity (Wildman–Crippen MR) is 87.9 cm³/mol. The van der Waals surface area contributed by atoms with Crippen LogP contribution in [-0.2, 0) is 9.53 Å². The van der Waals surface area contributed by atoms with Gasteiger partial charge in [0.25, 0.3) is 0 Å². The van der Waals surface area contributed by atoms with Crippen LogP contribution in [0.25, 0.3) is 5.57 Å². The molecular weight excluding hydrogens is 276 g/mol. The van der Waals surface area contributed by atoms with E-state index in [1.54, 1.807) is 14.0 Å². The smallest absolute Gasteiger partial charge is 0.331 e. The Balaban J connectivity index is 2.59. The van der Waals surface area contributed by atoms with Crippen LogP contribution in [0.2, 0.25) is 0 Å². The van der Waals surface area contributed by atoms with Crippen molar-refractivity contribution in [2.24, 2.45) is 0 Å². The van der Waals surface area contributed by atoms with Crippen LogP contribution in [-0.4, -0.2) is 19.7 Å². The lowest BCUT2D eigenvalue weighted by Crippen LogP contribution is -2.03. The molecule has 114 valence electrons. The molecule has 3 heteroatoms. The van der Waals surface area contributed by atoms with Crippen LogP contribution in [0.15, 0.2) is 54.6 Å². The lowest BCUT2D eigenvalue weighted by Gasteiger charge is -2.13. The van der Waals surface area contributed by atoms with Crippen LogP contribution in [0.4, 0.5) is 0 Å². The molecule has 0 aliphatic heterocycles. The van der Waals surface area contributed by atoms with Gasteiger partial charge in [0.05, 0.1) is 13.7 Å². The Hall–Kier alpha value is -2.55. The first-order valence-electron chi connectivity index (χ1n) is 7.24. The van der Waals surface area contributed by atoms with Crippen molar-refractivity contribution in [1.29, 1.82) is 0 Å². The van der Waals surface area contributed by atoms with Gasteiger partial charge in [-0.3, -0.25) is 0 Å². The van der Waals surface area contributed by atoms with E-state index in [1.165, 1.54) is 6.08 Å². The number of aryl methyl sites for hydroxylation is 1.